The minimum atomic E-state index is -0.187. The molecule has 2 bridgehead atoms. The average molecular weight is 386 g/mol. The lowest BCUT2D eigenvalue weighted by molar-refractivity contribution is -0.0153. The Hall–Kier alpha value is -2.85. The second kappa shape index (κ2) is 7.88. The Labute approximate surface area is 172 Å². The van der Waals surface area contributed by atoms with Gasteiger partial charge in [-0.15, -0.1) is 0 Å². The molecule has 2 aromatic carbocycles. The van der Waals surface area contributed by atoms with Crippen LogP contribution in [0, 0.1) is 5.92 Å². The molecular formula is C25H27N3O. The second-order valence-corrected chi connectivity index (χ2v) is 8.15. The Morgan fingerprint density at radius 3 is 2.28 bits per heavy atom. The fraction of sp³-hybridized carbons (Fsp3) is 0.320. The Bertz CT molecular complexity index is 921. The second-order valence-electron chi connectivity index (χ2n) is 8.15. The van der Waals surface area contributed by atoms with Gasteiger partial charge in [-0.25, -0.2) is 4.98 Å². The first-order valence-corrected chi connectivity index (χ1v) is 10.5. The molecule has 4 heterocycles. The van der Waals surface area contributed by atoms with Crippen LogP contribution in [0.4, 0.5) is 5.69 Å². The average Bonchev–Trinajstić information content (AvgIpc) is 2.80. The van der Waals surface area contributed by atoms with Crippen molar-refractivity contribution in [1.82, 2.24) is 9.88 Å². The highest BCUT2D eigenvalue weighted by atomic mass is 16.5. The third kappa shape index (κ3) is 3.73. The quantitative estimate of drug-likeness (QED) is 0.645. The highest BCUT2D eigenvalue weighted by Gasteiger charge is 2.47. The zero-order chi connectivity index (χ0) is 19.5. The zero-order valence-electron chi connectivity index (χ0n) is 16.6. The van der Waals surface area contributed by atoms with Gasteiger partial charge in [0, 0.05) is 36.6 Å². The van der Waals surface area contributed by atoms with Gasteiger partial charge in [-0.3, -0.25) is 4.90 Å². The maximum atomic E-state index is 5.90. The summed E-state index contributed by atoms with van der Waals surface area (Å²) in [5, 5.41) is 3.86. The van der Waals surface area contributed by atoms with Crippen molar-refractivity contribution >= 4 is 5.69 Å². The van der Waals surface area contributed by atoms with Gasteiger partial charge in [0.1, 0.15) is 12.3 Å². The fourth-order valence-corrected chi connectivity index (χ4v) is 4.77. The molecule has 0 radical (unpaired) electrons. The van der Waals surface area contributed by atoms with Gasteiger partial charge >= 0.3 is 0 Å². The summed E-state index contributed by atoms with van der Waals surface area (Å²) in [4.78, 5) is 7.25. The van der Waals surface area contributed by atoms with E-state index in [1.807, 2.05) is 30.5 Å². The minimum absolute atomic E-state index is 0.187. The Morgan fingerprint density at radius 1 is 0.931 bits per heavy atom. The monoisotopic (exact) mass is 385 g/mol. The molecule has 1 N–H and O–H groups in total. The normalized spacial score (nSPS) is 25.5. The van der Waals surface area contributed by atoms with Gasteiger partial charge in [0.25, 0.3) is 0 Å². The molecule has 3 aliphatic rings. The van der Waals surface area contributed by atoms with E-state index < -0.39 is 0 Å². The lowest BCUT2D eigenvalue weighted by atomic mass is 9.76. The van der Waals surface area contributed by atoms with Gasteiger partial charge in [-0.05, 0) is 48.9 Å². The Kier molecular flexibility index (Phi) is 4.94. The summed E-state index contributed by atoms with van der Waals surface area (Å²) in [6.07, 6.45) is 5.71. The van der Waals surface area contributed by atoms with Crippen LogP contribution in [0.2, 0.25) is 0 Å². The molecule has 0 saturated carbocycles. The molecule has 4 nitrogen and oxygen atoms in total. The molecule has 1 unspecified atom stereocenters. The van der Waals surface area contributed by atoms with Crippen LogP contribution in [0.1, 0.15) is 30.4 Å². The number of ether oxygens (including phenoxy) is 1. The van der Waals surface area contributed by atoms with E-state index in [1.54, 1.807) is 0 Å². The topological polar surface area (TPSA) is 37.4 Å². The SMILES string of the molecule is c1ccc(COc2ccc(C3(Nc4ccccc4)CC4CCN3CC4)cn2)cc1. The largest absolute Gasteiger partial charge is 0.473 e. The van der Waals surface area contributed by atoms with Crippen LogP contribution in [-0.2, 0) is 12.3 Å². The number of nitrogens with zero attached hydrogens (tertiary/aromatic N) is 2. The maximum absolute atomic E-state index is 5.90. The highest BCUT2D eigenvalue weighted by molar-refractivity contribution is 5.48. The number of aromatic nitrogens is 1. The van der Waals surface area contributed by atoms with Crippen molar-refractivity contribution < 1.29 is 4.74 Å². The van der Waals surface area contributed by atoms with Crippen LogP contribution >= 0.6 is 0 Å². The third-order valence-electron chi connectivity index (χ3n) is 6.31. The van der Waals surface area contributed by atoms with Gasteiger partial charge in [0.15, 0.2) is 0 Å². The Balaban J connectivity index is 1.39. The number of benzene rings is 2. The van der Waals surface area contributed by atoms with Crippen LogP contribution in [0.3, 0.4) is 0 Å². The number of pyridine rings is 1. The Morgan fingerprint density at radius 2 is 1.66 bits per heavy atom. The number of hydrogen-bond donors (Lipinski definition) is 1. The van der Waals surface area contributed by atoms with Crippen molar-refractivity contribution in [2.24, 2.45) is 5.92 Å². The highest BCUT2D eigenvalue weighted by Crippen LogP contribution is 2.45. The lowest BCUT2D eigenvalue weighted by Crippen LogP contribution is -2.60. The van der Waals surface area contributed by atoms with Crippen molar-refractivity contribution in [2.45, 2.75) is 31.5 Å². The third-order valence-corrected chi connectivity index (χ3v) is 6.31. The number of anilines is 1. The summed E-state index contributed by atoms with van der Waals surface area (Å²) in [7, 11) is 0. The van der Waals surface area contributed by atoms with E-state index >= 15 is 0 Å². The van der Waals surface area contributed by atoms with Crippen molar-refractivity contribution in [3.63, 3.8) is 0 Å². The summed E-state index contributed by atoms with van der Waals surface area (Å²) < 4.78 is 5.90. The smallest absolute Gasteiger partial charge is 0.213 e. The molecule has 3 aliphatic heterocycles. The molecule has 0 aliphatic carbocycles. The standard InChI is InChI=1S/C25H27N3O/c1-3-7-21(8-4-1)19-29-24-12-11-22(18-26-24)25(27-23-9-5-2-6-10-23)17-20-13-15-28(25)16-14-20/h1-12,18,20,27H,13-17,19H2. The first kappa shape index (κ1) is 18.2. The van der Waals surface area contributed by atoms with Gasteiger partial charge in [-0.1, -0.05) is 48.5 Å². The molecule has 3 aromatic rings. The molecule has 148 valence electrons. The predicted molar refractivity (Wildman–Crippen MR) is 116 cm³/mol. The van der Waals surface area contributed by atoms with Crippen LogP contribution in [-0.4, -0.2) is 23.0 Å². The summed E-state index contributed by atoms with van der Waals surface area (Å²) in [5.41, 5.74) is 3.34. The molecule has 1 aromatic heterocycles. The van der Waals surface area contributed by atoms with E-state index in [0.717, 1.165) is 36.7 Å². The number of hydrogen-bond acceptors (Lipinski definition) is 4. The van der Waals surface area contributed by atoms with Crippen molar-refractivity contribution in [2.75, 3.05) is 18.4 Å². The summed E-state index contributed by atoms with van der Waals surface area (Å²) in [5.74, 6) is 1.44. The van der Waals surface area contributed by atoms with E-state index in [9.17, 15) is 0 Å². The van der Waals surface area contributed by atoms with E-state index in [4.69, 9.17) is 4.74 Å². The van der Waals surface area contributed by atoms with Crippen LogP contribution < -0.4 is 10.1 Å². The van der Waals surface area contributed by atoms with Crippen molar-refractivity contribution in [1.29, 1.82) is 0 Å². The summed E-state index contributed by atoms with van der Waals surface area (Å²) >= 11 is 0. The molecule has 3 fully saturated rings. The minimum Gasteiger partial charge on any atom is -0.473 e. The van der Waals surface area contributed by atoms with Gasteiger partial charge in [-0.2, -0.15) is 0 Å². The fourth-order valence-electron chi connectivity index (χ4n) is 4.77. The number of nitrogens with one attached hydrogen (secondary N) is 1. The summed E-state index contributed by atoms with van der Waals surface area (Å²) in [6.45, 7) is 2.81. The molecule has 0 amide bonds. The summed E-state index contributed by atoms with van der Waals surface area (Å²) in [6, 6.07) is 24.9. The lowest BCUT2D eigenvalue weighted by Gasteiger charge is -2.55. The van der Waals surface area contributed by atoms with Gasteiger partial charge < -0.3 is 10.1 Å². The molecule has 0 spiro atoms. The maximum Gasteiger partial charge on any atom is 0.213 e. The van der Waals surface area contributed by atoms with Crippen molar-refractivity contribution in [3.05, 3.63) is 90.1 Å². The van der Waals surface area contributed by atoms with Crippen LogP contribution in [0.25, 0.3) is 0 Å². The zero-order valence-corrected chi connectivity index (χ0v) is 16.6. The molecule has 4 heteroatoms. The molecule has 29 heavy (non-hydrogen) atoms. The number of rotatable bonds is 6. The predicted octanol–water partition coefficient (Wildman–Crippen LogP) is 5.04. The number of para-hydroxylation sites is 1. The van der Waals surface area contributed by atoms with Crippen LogP contribution in [0.5, 0.6) is 5.88 Å². The molecule has 6 rings (SSSR count). The molecule has 1 atom stereocenters. The first-order chi connectivity index (χ1) is 14.3. The van der Waals surface area contributed by atoms with E-state index in [2.05, 4.69) is 63.7 Å². The van der Waals surface area contributed by atoms with E-state index in [1.165, 1.54) is 18.4 Å². The first-order valence-electron chi connectivity index (χ1n) is 10.5. The number of fused-ring (bicyclic) bond motifs is 3. The van der Waals surface area contributed by atoms with Gasteiger partial charge in [0.05, 0.1) is 0 Å². The van der Waals surface area contributed by atoms with Crippen LogP contribution in [0.15, 0.2) is 79.0 Å². The van der Waals surface area contributed by atoms with Crippen molar-refractivity contribution in [3.8, 4) is 5.88 Å². The molecular weight excluding hydrogens is 358 g/mol. The van der Waals surface area contributed by atoms with Gasteiger partial charge in [0.2, 0.25) is 5.88 Å². The van der Waals surface area contributed by atoms with E-state index in [-0.39, 0.29) is 5.66 Å². The molecule has 3 saturated heterocycles. The van der Waals surface area contributed by atoms with E-state index in [0.29, 0.717) is 12.5 Å². The number of piperidine rings is 3.